The van der Waals surface area contributed by atoms with Gasteiger partial charge in [0.25, 0.3) is 0 Å². The minimum atomic E-state index is -1.69. The van der Waals surface area contributed by atoms with Gasteiger partial charge in [0.15, 0.2) is 6.29 Å². The molecule has 2 saturated heterocycles. The average Bonchev–Trinajstić information content (AvgIpc) is 2.81. The van der Waals surface area contributed by atoms with Crippen molar-refractivity contribution >= 4 is 0 Å². The molecule has 2 rings (SSSR count). The monoisotopic (exact) mass is 506 g/mol. The molecule has 0 spiro atoms. The van der Waals surface area contributed by atoms with Crippen molar-refractivity contribution in [1.82, 2.24) is 0 Å². The summed E-state index contributed by atoms with van der Waals surface area (Å²) in [5.41, 5.74) is 0. The topological polar surface area (TPSA) is 219 Å². The van der Waals surface area contributed by atoms with Gasteiger partial charge in [0.05, 0.1) is 24.7 Å². The summed E-state index contributed by atoms with van der Waals surface area (Å²) in [5, 5.41) is 88.5. The zero-order valence-electron chi connectivity index (χ0n) is 19.2. The van der Waals surface area contributed by atoms with Crippen molar-refractivity contribution in [3.05, 3.63) is 47.7 Å². The van der Waals surface area contributed by atoms with Crippen LogP contribution in [0.2, 0.25) is 0 Å². The maximum atomic E-state index is 10.3. The van der Waals surface area contributed by atoms with Gasteiger partial charge in [0.2, 0.25) is 6.29 Å². The molecule has 200 valence electrons. The van der Waals surface area contributed by atoms with Crippen molar-refractivity contribution in [2.75, 3.05) is 13.2 Å². The van der Waals surface area contributed by atoms with Crippen LogP contribution in [0.25, 0.3) is 0 Å². The van der Waals surface area contributed by atoms with E-state index < -0.39 is 74.6 Å². The first-order valence-electron chi connectivity index (χ1n) is 10.9. The third-order valence-electron chi connectivity index (χ3n) is 5.34. The first kappa shape index (κ1) is 29.2. The molecular formula is C22H34O13. The van der Waals surface area contributed by atoms with E-state index >= 15 is 0 Å². The van der Waals surface area contributed by atoms with Crippen LogP contribution >= 0.6 is 0 Å². The molecule has 0 aromatic heterocycles. The van der Waals surface area contributed by atoms with Gasteiger partial charge in [-0.3, -0.25) is 0 Å². The van der Waals surface area contributed by atoms with Gasteiger partial charge < -0.3 is 64.9 Å². The van der Waals surface area contributed by atoms with E-state index in [1.807, 2.05) is 0 Å². The largest absolute Gasteiger partial charge is 0.513 e. The third kappa shape index (κ3) is 7.98. The molecule has 2 aliphatic heterocycles. The highest BCUT2D eigenvalue weighted by atomic mass is 16.7. The average molecular weight is 507 g/mol. The van der Waals surface area contributed by atoms with Crippen LogP contribution in [0, 0.1) is 0 Å². The van der Waals surface area contributed by atoms with E-state index in [9.17, 15) is 40.9 Å². The summed E-state index contributed by atoms with van der Waals surface area (Å²) in [6.07, 6.45) is -8.56. The van der Waals surface area contributed by atoms with Gasteiger partial charge in [-0.1, -0.05) is 6.08 Å². The Morgan fingerprint density at radius 3 is 1.91 bits per heavy atom. The van der Waals surface area contributed by atoms with Gasteiger partial charge in [-0.15, -0.1) is 0 Å². The van der Waals surface area contributed by atoms with Crippen LogP contribution in [-0.4, -0.2) is 121 Å². The van der Waals surface area contributed by atoms with Gasteiger partial charge in [-0.2, -0.15) is 0 Å². The Labute approximate surface area is 201 Å². The fourth-order valence-electron chi connectivity index (χ4n) is 3.31. The molecular weight excluding hydrogens is 472 g/mol. The number of hydrogen-bond donors (Lipinski definition) is 9. The Morgan fingerprint density at radius 2 is 1.31 bits per heavy atom. The van der Waals surface area contributed by atoms with Crippen molar-refractivity contribution in [2.24, 2.45) is 0 Å². The number of allylic oxidation sites excluding steroid dienone is 7. The molecule has 0 unspecified atom stereocenters. The fraction of sp³-hybridized carbons (Fsp3) is 0.636. The Bertz CT molecular complexity index is 788. The van der Waals surface area contributed by atoms with E-state index in [1.165, 1.54) is 44.2 Å². The maximum Gasteiger partial charge on any atom is 0.228 e. The number of aliphatic hydroxyl groups excluding tert-OH is 9. The molecule has 2 fully saturated rings. The molecule has 35 heavy (non-hydrogen) atoms. The molecule has 0 radical (unpaired) electrons. The zero-order valence-corrected chi connectivity index (χ0v) is 19.2. The highest BCUT2D eigenvalue weighted by Crippen LogP contribution is 2.26. The lowest BCUT2D eigenvalue weighted by Gasteiger charge is -2.42. The number of ether oxygens (including phenoxy) is 4. The molecule has 0 amide bonds. The van der Waals surface area contributed by atoms with Gasteiger partial charge >= 0.3 is 0 Å². The predicted molar refractivity (Wildman–Crippen MR) is 117 cm³/mol. The van der Waals surface area contributed by atoms with Crippen molar-refractivity contribution in [3.63, 3.8) is 0 Å². The number of aliphatic hydroxyl groups is 9. The SMILES string of the molecule is C/C(O)=C/C=C/C(O)=C/C=C(/C)O[C@@H]1O[C@H](CO[C@@H]2O[C@H](CO)[C@@H](O)[C@H](O)[C@H]2O)[C@@H](O)[C@H](O)[C@H]1O. The highest BCUT2D eigenvalue weighted by Gasteiger charge is 2.47. The maximum absolute atomic E-state index is 10.3. The Morgan fingerprint density at radius 1 is 0.743 bits per heavy atom. The minimum absolute atomic E-state index is 0.0540. The fourth-order valence-corrected chi connectivity index (χ4v) is 3.31. The Balaban J connectivity index is 2.01. The second kappa shape index (κ2) is 13.3. The first-order valence-corrected chi connectivity index (χ1v) is 10.9. The van der Waals surface area contributed by atoms with Gasteiger partial charge in [0, 0.05) is 0 Å². The summed E-state index contributed by atoms with van der Waals surface area (Å²) in [4.78, 5) is 0. The van der Waals surface area contributed by atoms with Crippen LogP contribution < -0.4 is 0 Å². The molecule has 9 N–H and O–H groups in total. The predicted octanol–water partition coefficient (Wildman–Crippen LogP) is -2.01. The van der Waals surface area contributed by atoms with Crippen molar-refractivity contribution in [1.29, 1.82) is 0 Å². The van der Waals surface area contributed by atoms with E-state index in [-0.39, 0.29) is 17.3 Å². The lowest BCUT2D eigenvalue weighted by atomic mass is 9.98. The molecule has 13 nitrogen and oxygen atoms in total. The molecule has 0 aromatic carbocycles. The minimum Gasteiger partial charge on any atom is -0.513 e. The molecule has 0 bridgehead atoms. The van der Waals surface area contributed by atoms with Crippen LogP contribution in [0.1, 0.15) is 13.8 Å². The Hall–Kier alpha value is -2.04. The van der Waals surface area contributed by atoms with E-state index in [0.29, 0.717) is 0 Å². The van der Waals surface area contributed by atoms with E-state index in [4.69, 9.17) is 24.1 Å². The zero-order chi connectivity index (χ0) is 26.3. The molecule has 13 heteroatoms. The second-order valence-electron chi connectivity index (χ2n) is 8.20. The van der Waals surface area contributed by atoms with Crippen LogP contribution in [0.5, 0.6) is 0 Å². The summed E-state index contributed by atoms with van der Waals surface area (Å²) >= 11 is 0. The van der Waals surface area contributed by atoms with E-state index in [1.54, 1.807) is 0 Å². The highest BCUT2D eigenvalue weighted by molar-refractivity contribution is 5.21. The van der Waals surface area contributed by atoms with E-state index in [0.717, 1.165) is 0 Å². The Kier molecular flexibility index (Phi) is 11.1. The molecule has 0 aromatic rings. The van der Waals surface area contributed by atoms with E-state index in [2.05, 4.69) is 0 Å². The molecule has 0 aliphatic carbocycles. The van der Waals surface area contributed by atoms with Crippen molar-refractivity contribution < 1.29 is 64.9 Å². The van der Waals surface area contributed by atoms with Gasteiger partial charge in [-0.25, -0.2) is 0 Å². The van der Waals surface area contributed by atoms with Gasteiger partial charge in [-0.05, 0) is 38.2 Å². The summed E-state index contributed by atoms with van der Waals surface area (Å²) in [6.45, 7) is 1.81. The van der Waals surface area contributed by atoms with Crippen LogP contribution in [0.3, 0.4) is 0 Å². The molecule has 2 aliphatic rings. The van der Waals surface area contributed by atoms with Gasteiger partial charge in [0.1, 0.15) is 54.6 Å². The number of hydrogen-bond acceptors (Lipinski definition) is 13. The smallest absolute Gasteiger partial charge is 0.228 e. The van der Waals surface area contributed by atoms with Crippen LogP contribution in [0.15, 0.2) is 47.7 Å². The summed E-state index contributed by atoms with van der Waals surface area (Å²) in [7, 11) is 0. The van der Waals surface area contributed by atoms with Crippen LogP contribution in [-0.2, 0) is 18.9 Å². The molecule has 10 atom stereocenters. The normalized spacial score (nSPS) is 39.7. The summed E-state index contributed by atoms with van der Waals surface area (Å²) in [5.74, 6) is 0.0512. The summed E-state index contributed by atoms with van der Waals surface area (Å²) in [6, 6.07) is 0. The lowest BCUT2D eigenvalue weighted by Crippen LogP contribution is -2.61. The third-order valence-corrected chi connectivity index (χ3v) is 5.34. The quantitative estimate of drug-likeness (QED) is 0.122. The standard InChI is InChI=1S/C22H34O13/c1-10(24)4-3-5-12(25)7-6-11(2)33-22-20(31)18(29)16(27)14(35-22)9-32-21-19(30)17(28)15(26)13(8-23)34-21/h3-7,13-31H,8-9H2,1-2H3/b5-3+,10-4-,11-6-,12-7-/t13-,14-,15-,16-,17+,18+,19-,20-,21-,22-/m1/s1. The number of rotatable bonds is 9. The molecule has 2 heterocycles. The van der Waals surface area contributed by atoms with Crippen molar-refractivity contribution in [2.45, 2.75) is 75.3 Å². The van der Waals surface area contributed by atoms with Crippen LogP contribution in [0.4, 0.5) is 0 Å². The lowest BCUT2D eigenvalue weighted by molar-refractivity contribution is -0.327. The van der Waals surface area contributed by atoms with Crippen molar-refractivity contribution in [3.8, 4) is 0 Å². The summed E-state index contributed by atoms with van der Waals surface area (Å²) < 4.78 is 21.5. The second-order valence-corrected chi connectivity index (χ2v) is 8.20. The molecule has 0 saturated carbocycles. The first-order chi connectivity index (χ1) is 16.5.